The first-order valence-corrected chi connectivity index (χ1v) is 5.18. The Morgan fingerprint density at radius 3 is 3.00 bits per heavy atom. The molecule has 1 amide bonds. The van der Waals surface area contributed by atoms with E-state index in [1.165, 1.54) is 0 Å². The minimum atomic E-state index is -0.187. The van der Waals surface area contributed by atoms with Crippen molar-refractivity contribution in [1.82, 2.24) is 4.90 Å². The number of nitrogens with zero attached hydrogens (tertiary/aromatic N) is 1. The first-order chi connectivity index (χ1) is 6.77. The van der Waals surface area contributed by atoms with Crippen LogP contribution in [-0.2, 0) is 9.47 Å². The maximum Gasteiger partial charge on any atom is 0.409 e. The molecule has 0 N–H and O–H groups in total. The highest BCUT2D eigenvalue weighted by molar-refractivity contribution is 5.67. The highest BCUT2D eigenvalue weighted by Crippen LogP contribution is 2.17. The highest BCUT2D eigenvalue weighted by Gasteiger charge is 2.23. The Morgan fingerprint density at radius 1 is 1.57 bits per heavy atom. The van der Waals surface area contributed by atoms with E-state index in [0.717, 1.165) is 32.5 Å². The number of carbonyl (C=O) groups is 1. The van der Waals surface area contributed by atoms with Crippen molar-refractivity contribution in [2.45, 2.75) is 19.8 Å². The van der Waals surface area contributed by atoms with Gasteiger partial charge in [-0.05, 0) is 19.8 Å². The van der Waals surface area contributed by atoms with Crippen LogP contribution in [0.2, 0.25) is 0 Å². The number of rotatable bonds is 3. The number of likely N-dealkylation sites (tertiary alicyclic amines) is 1. The van der Waals surface area contributed by atoms with Crippen molar-refractivity contribution < 1.29 is 14.3 Å². The first-order valence-electron chi connectivity index (χ1n) is 5.18. The average Bonchev–Trinajstić information content (AvgIpc) is 2.19. The number of hydrogen-bond donors (Lipinski definition) is 0. The lowest BCUT2D eigenvalue weighted by molar-refractivity contribution is 0.0659. The van der Waals surface area contributed by atoms with Gasteiger partial charge in [-0.25, -0.2) is 4.79 Å². The molecule has 82 valence electrons. The maximum atomic E-state index is 11.4. The zero-order valence-corrected chi connectivity index (χ0v) is 8.99. The predicted molar refractivity (Wildman–Crippen MR) is 53.2 cm³/mol. The first kappa shape index (κ1) is 11.3. The zero-order valence-electron chi connectivity index (χ0n) is 8.99. The van der Waals surface area contributed by atoms with E-state index in [2.05, 4.69) is 0 Å². The van der Waals surface area contributed by atoms with E-state index in [0.29, 0.717) is 12.5 Å². The molecule has 1 heterocycles. The Hall–Kier alpha value is -0.770. The lowest BCUT2D eigenvalue weighted by Crippen LogP contribution is -2.41. The standard InChI is InChI=1S/C10H19NO3/c1-3-14-10(12)11-6-4-5-9(7-11)8-13-2/h9H,3-8H2,1-2H3. The molecule has 14 heavy (non-hydrogen) atoms. The Kier molecular flexibility index (Phi) is 4.73. The molecule has 1 rings (SSSR count). The number of methoxy groups -OCH3 is 1. The second-order valence-electron chi connectivity index (χ2n) is 3.61. The number of ether oxygens (including phenoxy) is 2. The molecule has 1 atom stereocenters. The summed E-state index contributed by atoms with van der Waals surface area (Å²) in [6.07, 6.45) is 2.00. The molecule has 4 nitrogen and oxygen atoms in total. The average molecular weight is 201 g/mol. The van der Waals surface area contributed by atoms with Crippen LogP contribution in [0.4, 0.5) is 4.79 Å². The Morgan fingerprint density at radius 2 is 2.36 bits per heavy atom. The van der Waals surface area contributed by atoms with Gasteiger partial charge in [-0.1, -0.05) is 0 Å². The van der Waals surface area contributed by atoms with Gasteiger partial charge in [-0.2, -0.15) is 0 Å². The van der Waals surface area contributed by atoms with Gasteiger partial charge in [-0.3, -0.25) is 0 Å². The molecule has 0 aliphatic carbocycles. The summed E-state index contributed by atoms with van der Waals surface area (Å²) in [5.41, 5.74) is 0. The monoisotopic (exact) mass is 201 g/mol. The van der Waals surface area contributed by atoms with Crippen molar-refractivity contribution in [3.63, 3.8) is 0 Å². The third-order valence-electron chi connectivity index (χ3n) is 2.45. The number of amides is 1. The van der Waals surface area contributed by atoms with Crippen LogP contribution >= 0.6 is 0 Å². The normalized spacial score (nSPS) is 22.1. The van der Waals surface area contributed by atoms with Gasteiger partial charge in [-0.15, -0.1) is 0 Å². The molecule has 0 radical (unpaired) electrons. The minimum absolute atomic E-state index is 0.187. The molecular weight excluding hydrogens is 182 g/mol. The highest BCUT2D eigenvalue weighted by atomic mass is 16.6. The van der Waals surface area contributed by atoms with E-state index in [4.69, 9.17) is 9.47 Å². The molecule has 1 aliphatic heterocycles. The van der Waals surface area contributed by atoms with Crippen LogP contribution in [0.25, 0.3) is 0 Å². The summed E-state index contributed by atoms with van der Waals surface area (Å²) >= 11 is 0. The van der Waals surface area contributed by atoms with Crippen molar-refractivity contribution in [2.24, 2.45) is 5.92 Å². The van der Waals surface area contributed by atoms with Crippen LogP contribution in [0.3, 0.4) is 0 Å². The minimum Gasteiger partial charge on any atom is -0.450 e. The van der Waals surface area contributed by atoms with Crippen LogP contribution in [0.15, 0.2) is 0 Å². The molecule has 1 aliphatic rings. The van der Waals surface area contributed by atoms with Gasteiger partial charge in [0.05, 0.1) is 13.2 Å². The molecule has 0 spiro atoms. The van der Waals surface area contributed by atoms with Gasteiger partial charge >= 0.3 is 6.09 Å². The van der Waals surface area contributed by atoms with Crippen molar-refractivity contribution >= 4 is 6.09 Å². The molecule has 1 fully saturated rings. The number of carbonyl (C=O) groups excluding carboxylic acids is 1. The van der Waals surface area contributed by atoms with Gasteiger partial charge in [0.25, 0.3) is 0 Å². The van der Waals surface area contributed by atoms with E-state index in [1.807, 2.05) is 6.92 Å². The zero-order chi connectivity index (χ0) is 10.4. The second-order valence-corrected chi connectivity index (χ2v) is 3.61. The second kappa shape index (κ2) is 5.86. The fourth-order valence-electron chi connectivity index (χ4n) is 1.82. The SMILES string of the molecule is CCOC(=O)N1CCCC(COC)C1. The maximum absolute atomic E-state index is 11.4. The summed E-state index contributed by atoms with van der Waals surface area (Å²) in [6.45, 7) is 4.60. The van der Waals surface area contributed by atoms with Crippen LogP contribution in [0.1, 0.15) is 19.8 Å². The van der Waals surface area contributed by atoms with E-state index >= 15 is 0 Å². The largest absolute Gasteiger partial charge is 0.450 e. The summed E-state index contributed by atoms with van der Waals surface area (Å²) in [6, 6.07) is 0. The number of piperidine rings is 1. The molecule has 1 saturated heterocycles. The van der Waals surface area contributed by atoms with Gasteiger partial charge in [0.15, 0.2) is 0 Å². The summed E-state index contributed by atoms with van der Waals surface area (Å²) in [4.78, 5) is 13.2. The van der Waals surface area contributed by atoms with Crippen LogP contribution < -0.4 is 0 Å². The lowest BCUT2D eigenvalue weighted by atomic mass is 9.99. The number of hydrogen-bond acceptors (Lipinski definition) is 3. The molecule has 0 aromatic heterocycles. The third-order valence-corrected chi connectivity index (χ3v) is 2.45. The quantitative estimate of drug-likeness (QED) is 0.694. The molecule has 4 heteroatoms. The molecule has 0 bridgehead atoms. The molecule has 0 aromatic rings. The fourth-order valence-corrected chi connectivity index (χ4v) is 1.82. The van der Waals surface area contributed by atoms with E-state index in [1.54, 1.807) is 12.0 Å². The molecule has 1 unspecified atom stereocenters. The molecule has 0 aromatic carbocycles. The van der Waals surface area contributed by atoms with Crippen molar-refractivity contribution in [3.05, 3.63) is 0 Å². The van der Waals surface area contributed by atoms with E-state index in [-0.39, 0.29) is 6.09 Å². The van der Waals surface area contributed by atoms with Gasteiger partial charge in [0.1, 0.15) is 0 Å². The fraction of sp³-hybridized carbons (Fsp3) is 0.900. The van der Waals surface area contributed by atoms with E-state index < -0.39 is 0 Å². The third kappa shape index (κ3) is 3.18. The van der Waals surface area contributed by atoms with Crippen molar-refractivity contribution in [1.29, 1.82) is 0 Å². The van der Waals surface area contributed by atoms with Gasteiger partial charge < -0.3 is 14.4 Å². The van der Waals surface area contributed by atoms with Crippen LogP contribution in [-0.4, -0.2) is 44.4 Å². The van der Waals surface area contributed by atoms with Crippen LogP contribution in [0.5, 0.6) is 0 Å². The van der Waals surface area contributed by atoms with Crippen molar-refractivity contribution in [2.75, 3.05) is 33.4 Å². The van der Waals surface area contributed by atoms with Crippen LogP contribution in [0, 0.1) is 5.92 Å². The predicted octanol–water partition coefficient (Wildman–Crippen LogP) is 1.50. The van der Waals surface area contributed by atoms with E-state index in [9.17, 15) is 4.79 Å². The Labute approximate surface area is 85.2 Å². The topological polar surface area (TPSA) is 38.8 Å². The lowest BCUT2D eigenvalue weighted by Gasteiger charge is -2.31. The molecular formula is C10H19NO3. The summed E-state index contributed by atoms with van der Waals surface area (Å²) in [5, 5.41) is 0. The molecule has 0 saturated carbocycles. The van der Waals surface area contributed by atoms with Gasteiger partial charge in [0, 0.05) is 26.1 Å². The summed E-state index contributed by atoms with van der Waals surface area (Å²) in [7, 11) is 1.70. The Balaban J connectivity index is 2.35. The summed E-state index contributed by atoms with van der Waals surface area (Å²) < 4.78 is 10.0. The summed E-state index contributed by atoms with van der Waals surface area (Å²) in [5.74, 6) is 0.471. The smallest absolute Gasteiger partial charge is 0.409 e. The Bertz CT molecular complexity index is 182. The van der Waals surface area contributed by atoms with Gasteiger partial charge in [0.2, 0.25) is 0 Å². The van der Waals surface area contributed by atoms with Crippen molar-refractivity contribution in [3.8, 4) is 0 Å².